The number of fused-ring (bicyclic) bond motifs is 2. The maximum absolute atomic E-state index is 14.1. The monoisotopic (exact) mass is 544 g/mol. The van der Waals surface area contributed by atoms with Crippen molar-refractivity contribution in [3.8, 4) is 17.2 Å². The molecule has 0 fully saturated rings. The van der Waals surface area contributed by atoms with Crippen molar-refractivity contribution in [3.63, 3.8) is 0 Å². The van der Waals surface area contributed by atoms with Crippen LogP contribution < -0.4 is 29.1 Å². The molecule has 9 heteroatoms. The predicted molar refractivity (Wildman–Crippen MR) is 150 cm³/mol. The van der Waals surface area contributed by atoms with E-state index in [0.29, 0.717) is 43.4 Å². The average molecular weight is 545 g/mol. The summed E-state index contributed by atoms with van der Waals surface area (Å²) >= 11 is 1.26. The van der Waals surface area contributed by atoms with Crippen molar-refractivity contribution in [2.45, 2.75) is 19.9 Å². The van der Waals surface area contributed by atoms with Gasteiger partial charge in [0.2, 0.25) is 0 Å². The highest BCUT2D eigenvalue weighted by molar-refractivity contribution is 7.07. The first-order valence-corrected chi connectivity index (χ1v) is 13.2. The van der Waals surface area contributed by atoms with Gasteiger partial charge in [0.05, 0.1) is 49.8 Å². The third kappa shape index (κ3) is 4.59. The normalized spacial score (nSPS) is 15.1. The number of carbonyl (C=O) groups excluding carboxylic acids is 1. The standard InChI is InChI=1S/C30H28N2O6S/c1-6-38-29(34)26-17(2)31-30-32(27(26)19-12-14-23(36-4)24(15-19)37-5)28(33)25(39-30)16-21-20-10-8-7-9-18(20)11-13-22(21)35-3/h7-16,27H,6H2,1-5H3. The lowest BCUT2D eigenvalue weighted by Crippen LogP contribution is -2.40. The fourth-order valence-electron chi connectivity index (χ4n) is 4.86. The predicted octanol–water partition coefficient (Wildman–Crippen LogP) is 3.98. The minimum Gasteiger partial charge on any atom is -0.496 e. The molecule has 3 aromatic carbocycles. The number of nitrogens with zero attached hydrogens (tertiary/aromatic N) is 2. The van der Waals surface area contributed by atoms with E-state index in [1.165, 1.54) is 18.4 Å². The van der Waals surface area contributed by atoms with E-state index in [9.17, 15) is 9.59 Å². The number of hydrogen-bond acceptors (Lipinski definition) is 8. The van der Waals surface area contributed by atoms with Crippen LogP contribution in [0.5, 0.6) is 17.2 Å². The zero-order valence-electron chi connectivity index (χ0n) is 22.3. The first kappa shape index (κ1) is 26.2. The molecule has 0 saturated carbocycles. The lowest BCUT2D eigenvalue weighted by Gasteiger charge is -2.25. The Bertz CT molecular complexity index is 1800. The summed E-state index contributed by atoms with van der Waals surface area (Å²) in [5, 5.41) is 1.99. The molecule has 0 N–H and O–H groups in total. The number of carbonyl (C=O) groups is 1. The van der Waals surface area contributed by atoms with E-state index in [0.717, 1.165) is 16.3 Å². The largest absolute Gasteiger partial charge is 0.496 e. The number of rotatable bonds is 7. The Morgan fingerprint density at radius 1 is 1.00 bits per heavy atom. The highest BCUT2D eigenvalue weighted by Crippen LogP contribution is 2.36. The van der Waals surface area contributed by atoms with Crippen LogP contribution in [0, 0.1) is 0 Å². The van der Waals surface area contributed by atoms with Gasteiger partial charge in [-0.2, -0.15) is 0 Å². The Labute approximate surface area is 229 Å². The van der Waals surface area contributed by atoms with Crippen LogP contribution >= 0.6 is 11.3 Å². The number of methoxy groups -OCH3 is 3. The SMILES string of the molecule is CCOC(=O)C1=C(C)N=c2sc(=Cc3c(OC)ccc4ccccc34)c(=O)n2C1c1ccc(OC)c(OC)c1. The number of thiazole rings is 1. The fraction of sp³-hybridized carbons (Fsp3) is 0.233. The summed E-state index contributed by atoms with van der Waals surface area (Å²) in [5.41, 5.74) is 1.97. The molecule has 4 aromatic rings. The number of benzene rings is 3. The van der Waals surface area contributed by atoms with Gasteiger partial charge >= 0.3 is 5.97 Å². The molecule has 1 atom stereocenters. The minimum absolute atomic E-state index is 0.194. The molecule has 1 aliphatic heterocycles. The van der Waals surface area contributed by atoms with Gasteiger partial charge in [-0.1, -0.05) is 47.7 Å². The van der Waals surface area contributed by atoms with Crippen molar-refractivity contribution in [1.82, 2.24) is 4.57 Å². The van der Waals surface area contributed by atoms with Crippen molar-refractivity contribution in [2.75, 3.05) is 27.9 Å². The summed E-state index contributed by atoms with van der Waals surface area (Å²) in [6, 6.07) is 16.4. The second-order valence-corrected chi connectivity index (χ2v) is 9.83. The van der Waals surface area contributed by atoms with Gasteiger partial charge in [0.25, 0.3) is 5.56 Å². The number of ether oxygens (including phenoxy) is 4. The van der Waals surface area contributed by atoms with Crippen molar-refractivity contribution in [3.05, 3.63) is 96.7 Å². The summed E-state index contributed by atoms with van der Waals surface area (Å²) in [6.45, 7) is 3.69. The molecule has 8 nitrogen and oxygen atoms in total. The van der Waals surface area contributed by atoms with E-state index in [2.05, 4.69) is 4.99 Å². The maximum atomic E-state index is 14.1. The third-order valence-corrected chi connectivity index (χ3v) is 7.65. The first-order chi connectivity index (χ1) is 18.9. The second-order valence-electron chi connectivity index (χ2n) is 8.82. The number of allylic oxidation sites excluding steroid dienone is 1. The Kier molecular flexibility index (Phi) is 7.26. The summed E-state index contributed by atoms with van der Waals surface area (Å²) in [6.07, 6.45) is 1.83. The van der Waals surface area contributed by atoms with Crippen LogP contribution in [0.4, 0.5) is 0 Å². The number of aromatic nitrogens is 1. The zero-order valence-corrected chi connectivity index (χ0v) is 23.1. The van der Waals surface area contributed by atoms with Gasteiger partial charge in [-0.15, -0.1) is 0 Å². The van der Waals surface area contributed by atoms with Crippen molar-refractivity contribution in [1.29, 1.82) is 0 Å². The topological polar surface area (TPSA) is 88.4 Å². The molecule has 200 valence electrons. The molecule has 0 spiro atoms. The van der Waals surface area contributed by atoms with Crippen molar-refractivity contribution in [2.24, 2.45) is 4.99 Å². The average Bonchev–Trinajstić information content (AvgIpc) is 3.26. The van der Waals surface area contributed by atoms with Crippen molar-refractivity contribution < 1.29 is 23.7 Å². The highest BCUT2D eigenvalue weighted by atomic mass is 32.1. The van der Waals surface area contributed by atoms with Crippen LogP contribution in [0.25, 0.3) is 16.8 Å². The second kappa shape index (κ2) is 10.8. The lowest BCUT2D eigenvalue weighted by atomic mass is 9.95. The van der Waals surface area contributed by atoms with E-state index in [4.69, 9.17) is 18.9 Å². The minimum atomic E-state index is -0.767. The van der Waals surface area contributed by atoms with Crippen molar-refractivity contribution >= 4 is 34.2 Å². The van der Waals surface area contributed by atoms with Crippen LogP contribution in [-0.4, -0.2) is 38.5 Å². The van der Waals surface area contributed by atoms with Crippen LogP contribution in [0.3, 0.4) is 0 Å². The van der Waals surface area contributed by atoms with E-state index in [1.807, 2.05) is 48.5 Å². The lowest BCUT2D eigenvalue weighted by molar-refractivity contribution is -0.139. The molecule has 0 bridgehead atoms. The van der Waals surface area contributed by atoms with E-state index >= 15 is 0 Å². The van der Waals surface area contributed by atoms with Crippen LogP contribution in [-0.2, 0) is 9.53 Å². The molecule has 1 aromatic heterocycles. The Morgan fingerprint density at radius 3 is 2.44 bits per heavy atom. The summed E-state index contributed by atoms with van der Waals surface area (Å²) in [4.78, 5) is 32.4. The smallest absolute Gasteiger partial charge is 0.338 e. The molecule has 1 aliphatic rings. The molecule has 0 saturated heterocycles. The fourth-order valence-corrected chi connectivity index (χ4v) is 5.89. The molecule has 5 rings (SSSR count). The van der Waals surface area contributed by atoms with E-state index < -0.39 is 12.0 Å². The quantitative estimate of drug-likeness (QED) is 0.327. The van der Waals surface area contributed by atoms with Gasteiger partial charge in [0.15, 0.2) is 16.3 Å². The van der Waals surface area contributed by atoms with Crippen LogP contribution in [0.15, 0.2) is 75.7 Å². The van der Waals surface area contributed by atoms with Gasteiger partial charge in [-0.25, -0.2) is 9.79 Å². The van der Waals surface area contributed by atoms with Gasteiger partial charge in [0.1, 0.15) is 5.75 Å². The molecule has 2 heterocycles. The van der Waals surface area contributed by atoms with Gasteiger partial charge in [-0.05, 0) is 54.5 Å². The molecule has 1 unspecified atom stereocenters. The number of hydrogen-bond donors (Lipinski definition) is 0. The van der Waals surface area contributed by atoms with E-state index in [-0.39, 0.29) is 12.2 Å². The molecular weight excluding hydrogens is 516 g/mol. The Balaban J connectivity index is 1.79. The van der Waals surface area contributed by atoms with Gasteiger partial charge in [-0.3, -0.25) is 9.36 Å². The first-order valence-electron chi connectivity index (χ1n) is 12.4. The highest BCUT2D eigenvalue weighted by Gasteiger charge is 2.34. The Hall–Kier alpha value is -4.37. The maximum Gasteiger partial charge on any atom is 0.338 e. The summed E-state index contributed by atoms with van der Waals surface area (Å²) in [7, 11) is 4.70. The summed E-state index contributed by atoms with van der Waals surface area (Å²) < 4.78 is 24.0. The Morgan fingerprint density at radius 2 is 1.72 bits per heavy atom. The molecular formula is C30H28N2O6S. The molecule has 0 radical (unpaired) electrons. The van der Waals surface area contributed by atoms with Gasteiger partial charge in [0, 0.05) is 5.56 Å². The van der Waals surface area contributed by atoms with E-state index in [1.54, 1.807) is 44.8 Å². The van der Waals surface area contributed by atoms with Crippen LogP contribution in [0.1, 0.15) is 31.0 Å². The molecule has 0 aliphatic carbocycles. The van der Waals surface area contributed by atoms with Gasteiger partial charge < -0.3 is 18.9 Å². The molecule has 0 amide bonds. The molecule has 39 heavy (non-hydrogen) atoms. The number of esters is 1. The third-order valence-electron chi connectivity index (χ3n) is 6.67. The summed E-state index contributed by atoms with van der Waals surface area (Å²) in [5.74, 6) is 1.15. The zero-order chi connectivity index (χ0) is 27.7. The van der Waals surface area contributed by atoms with Crippen LogP contribution in [0.2, 0.25) is 0 Å².